The molecule has 0 radical (unpaired) electrons. The maximum Gasteiger partial charge on any atom is 0.408 e. The molecule has 134 valence electrons. The van der Waals surface area contributed by atoms with Crippen molar-refractivity contribution in [1.82, 2.24) is 5.32 Å². The van der Waals surface area contributed by atoms with Crippen LogP contribution in [0.3, 0.4) is 0 Å². The molecular weight excluding hydrogens is 330 g/mol. The van der Waals surface area contributed by atoms with Crippen molar-refractivity contribution in [1.29, 1.82) is 0 Å². The van der Waals surface area contributed by atoms with E-state index in [1.54, 1.807) is 34.6 Å². The van der Waals surface area contributed by atoms with Crippen LogP contribution in [-0.4, -0.2) is 23.7 Å². The largest absolute Gasteiger partial charge is 0.449 e. The number of hydrogen-bond donors (Lipinski definition) is 1. The molecule has 24 heavy (non-hydrogen) atoms. The minimum atomic E-state index is -1.03. The number of benzene rings is 1. The number of esters is 1. The second-order valence-electron chi connectivity index (χ2n) is 7.25. The van der Waals surface area contributed by atoms with Crippen molar-refractivity contribution in [3.05, 3.63) is 35.4 Å². The summed E-state index contributed by atoms with van der Waals surface area (Å²) in [5.41, 5.74) is 0.197. The first-order valence-electron chi connectivity index (χ1n) is 7.76. The van der Waals surface area contributed by atoms with Crippen LogP contribution >= 0.6 is 11.6 Å². The van der Waals surface area contributed by atoms with Crippen LogP contribution in [0.2, 0.25) is 0 Å². The van der Waals surface area contributed by atoms with Crippen LogP contribution in [0.5, 0.6) is 0 Å². The molecule has 0 saturated carbocycles. The van der Waals surface area contributed by atoms with Crippen LogP contribution < -0.4 is 5.32 Å². The van der Waals surface area contributed by atoms with Gasteiger partial charge in [-0.05, 0) is 47.1 Å². The molecule has 0 spiro atoms. The molecule has 0 aliphatic heterocycles. The van der Waals surface area contributed by atoms with Crippen molar-refractivity contribution in [3.8, 4) is 0 Å². The lowest BCUT2D eigenvalue weighted by Crippen LogP contribution is -2.44. The predicted octanol–water partition coefficient (Wildman–Crippen LogP) is 4.33. The Morgan fingerprint density at radius 2 is 1.67 bits per heavy atom. The number of nitrogens with one attached hydrogen (secondary N) is 1. The fourth-order valence-electron chi connectivity index (χ4n) is 2.22. The number of alkyl carbamates (subject to hydrolysis) is 1. The summed E-state index contributed by atoms with van der Waals surface area (Å²) < 4.78 is 10.3. The fourth-order valence-corrected chi connectivity index (χ4v) is 2.32. The van der Waals surface area contributed by atoms with Crippen molar-refractivity contribution in [3.63, 3.8) is 0 Å². The third kappa shape index (κ3) is 5.71. The zero-order valence-electron chi connectivity index (χ0n) is 15.1. The Labute approximate surface area is 148 Å². The van der Waals surface area contributed by atoms with Crippen molar-refractivity contribution in [2.75, 3.05) is 6.07 Å². The van der Waals surface area contributed by atoms with E-state index in [1.807, 2.05) is 31.2 Å². The van der Waals surface area contributed by atoms with E-state index in [2.05, 4.69) is 5.32 Å². The Morgan fingerprint density at radius 1 is 1.12 bits per heavy atom. The number of halogens is 1. The van der Waals surface area contributed by atoms with Gasteiger partial charge in [-0.15, -0.1) is 0 Å². The molecule has 1 aromatic carbocycles. The van der Waals surface area contributed by atoms with Crippen LogP contribution in [0.4, 0.5) is 4.79 Å². The first-order valence-corrected chi connectivity index (χ1v) is 8.30. The second-order valence-corrected chi connectivity index (χ2v) is 7.47. The fraction of sp³-hybridized carbons (Fsp3) is 0.556. The van der Waals surface area contributed by atoms with Gasteiger partial charge in [0, 0.05) is 0 Å². The summed E-state index contributed by atoms with van der Waals surface area (Å²) in [5, 5.41) is 2.78. The van der Waals surface area contributed by atoms with Gasteiger partial charge in [-0.2, -0.15) is 0 Å². The van der Waals surface area contributed by atoms with Crippen LogP contribution in [0, 0.1) is 12.3 Å². The number of aryl methyl sites for hydroxylation is 1. The normalized spacial score (nSPS) is 13.1. The molecule has 1 aromatic rings. The molecule has 0 fully saturated rings. The Hall–Kier alpha value is -1.75. The predicted molar refractivity (Wildman–Crippen MR) is 93.9 cm³/mol. The Morgan fingerprint density at radius 3 is 2.12 bits per heavy atom. The lowest BCUT2D eigenvalue weighted by molar-refractivity contribution is -0.153. The van der Waals surface area contributed by atoms with Gasteiger partial charge in [-0.1, -0.05) is 41.4 Å². The molecule has 1 atom stereocenters. The number of carbonyl (C=O) groups excluding carboxylic acids is 2. The first kappa shape index (κ1) is 20.3. The van der Waals surface area contributed by atoms with Gasteiger partial charge in [0.2, 0.25) is 0 Å². The summed E-state index contributed by atoms with van der Waals surface area (Å²) in [6.45, 7) is 10.7. The molecule has 6 heteroatoms. The molecule has 1 amide bonds. The molecule has 1 N–H and O–H groups in total. The zero-order chi connectivity index (χ0) is 18.5. The molecule has 1 rings (SSSR count). The van der Waals surface area contributed by atoms with Crippen LogP contribution in [0.1, 0.15) is 51.8 Å². The SMILES string of the molecule is Cc1ccc(C(NC(=O)OC(C)(C)C)C(C)(C)C(=O)OCCl)cc1. The lowest BCUT2D eigenvalue weighted by Gasteiger charge is -2.33. The van der Waals surface area contributed by atoms with E-state index in [-0.39, 0.29) is 6.07 Å². The average molecular weight is 356 g/mol. The van der Waals surface area contributed by atoms with Gasteiger partial charge in [-0.25, -0.2) is 4.79 Å². The summed E-state index contributed by atoms with van der Waals surface area (Å²) in [4.78, 5) is 24.5. The number of ether oxygens (including phenoxy) is 2. The monoisotopic (exact) mass is 355 g/mol. The third-order valence-corrected chi connectivity index (χ3v) is 3.61. The zero-order valence-corrected chi connectivity index (χ0v) is 15.9. The Kier molecular flexibility index (Phi) is 6.67. The first-order chi connectivity index (χ1) is 11.0. The van der Waals surface area contributed by atoms with Gasteiger partial charge in [0.15, 0.2) is 6.07 Å². The van der Waals surface area contributed by atoms with Crippen molar-refractivity contribution in [2.45, 2.75) is 53.2 Å². The highest BCUT2D eigenvalue weighted by Gasteiger charge is 2.41. The minimum absolute atomic E-state index is 0.241. The summed E-state index contributed by atoms with van der Waals surface area (Å²) in [6, 6.07) is 6.71. The smallest absolute Gasteiger partial charge is 0.408 e. The van der Waals surface area contributed by atoms with E-state index in [1.165, 1.54) is 0 Å². The van der Waals surface area contributed by atoms with Gasteiger partial charge in [0.1, 0.15) is 5.60 Å². The number of hydrogen-bond acceptors (Lipinski definition) is 4. The topological polar surface area (TPSA) is 64.6 Å². The maximum atomic E-state index is 12.3. The highest BCUT2D eigenvalue weighted by atomic mass is 35.5. The number of alkyl halides is 1. The molecule has 0 bridgehead atoms. The molecule has 0 aromatic heterocycles. The quantitative estimate of drug-likeness (QED) is 0.630. The van der Waals surface area contributed by atoms with E-state index in [9.17, 15) is 9.59 Å². The highest BCUT2D eigenvalue weighted by molar-refractivity contribution is 6.17. The summed E-state index contributed by atoms with van der Waals surface area (Å²) in [7, 11) is 0. The molecule has 0 saturated heterocycles. The molecule has 0 heterocycles. The van der Waals surface area contributed by atoms with E-state index >= 15 is 0 Å². The molecule has 5 nitrogen and oxygen atoms in total. The standard InChI is InChI=1S/C18H26ClNO4/c1-12-7-9-13(10-8-12)14(18(5,6)15(21)23-11-19)20-16(22)24-17(2,3)4/h7-10,14H,11H2,1-6H3,(H,20,22). The summed E-state index contributed by atoms with van der Waals surface area (Å²) >= 11 is 5.51. The maximum absolute atomic E-state index is 12.3. The van der Waals surface area contributed by atoms with Gasteiger partial charge >= 0.3 is 12.1 Å². The van der Waals surface area contributed by atoms with Gasteiger partial charge < -0.3 is 14.8 Å². The van der Waals surface area contributed by atoms with E-state index < -0.39 is 29.1 Å². The van der Waals surface area contributed by atoms with Crippen molar-refractivity contribution < 1.29 is 19.1 Å². The molecular formula is C18H26ClNO4. The average Bonchev–Trinajstić information content (AvgIpc) is 2.44. The Balaban J connectivity index is 3.14. The van der Waals surface area contributed by atoms with Crippen molar-refractivity contribution >= 4 is 23.7 Å². The van der Waals surface area contributed by atoms with Gasteiger partial charge in [0.05, 0.1) is 11.5 Å². The third-order valence-electron chi connectivity index (χ3n) is 3.51. The van der Waals surface area contributed by atoms with Crippen LogP contribution in [-0.2, 0) is 14.3 Å². The van der Waals surface area contributed by atoms with Crippen LogP contribution in [0.15, 0.2) is 24.3 Å². The highest BCUT2D eigenvalue weighted by Crippen LogP contribution is 2.35. The van der Waals surface area contributed by atoms with Gasteiger partial charge in [0.25, 0.3) is 0 Å². The Bertz CT molecular complexity index is 576. The van der Waals surface area contributed by atoms with E-state index in [4.69, 9.17) is 21.1 Å². The lowest BCUT2D eigenvalue weighted by atomic mass is 9.80. The van der Waals surface area contributed by atoms with E-state index in [0.717, 1.165) is 11.1 Å². The minimum Gasteiger partial charge on any atom is -0.449 e. The number of amides is 1. The summed E-state index contributed by atoms with van der Waals surface area (Å²) in [5.74, 6) is -0.501. The van der Waals surface area contributed by atoms with Crippen LogP contribution in [0.25, 0.3) is 0 Å². The summed E-state index contributed by atoms with van der Waals surface area (Å²) in [6.07, 6.45) is -0.597. The van der Waals surface area contributed by atoms with Gasteiger partial charge in [-0.3, -0.25) is 4.79 Å². The second kappa shape index (κ2) is 7.88. The number of rotatable bonds is 5. The van der Waals surface area contributed by atoms with Crippen molar-refractivity contribution in [2.24, 2.45) is 5.41 Å². The van der Waals surface area contributed by atoms with E-state index in [0.29, 0.717) is 0 Å². The molecule has 0 aliphatic carbocycles. The molecule has 1 unspecified atom stereocenters. The number of carbonyl (C=O) groups is 2. The molecule has 0 aliphatic rings.